The largest absolute Gasteiger partial charge is 0.330 e. The third kappa shape index (κ3) is 1.41. The molecule has 1 unspecified atom stereocenters. The highest BCUT2D eigenvalue weighted by molar-refractivity contribution is 5.44. The van der Waals surface area contributed by atoms with Crippen molar-refractivity contribution in [2.75, 3.05) is 6.54 Å². The summed E-state index contributed by atoms with van der Waals surface area (Å²) in [4.78, 5) is 0. The first-order chi connectivity index (χ1) is 6.93. The van der Waals surface area contributed by atoms with Gasteiger partial charge in [-0.3, -0.25) is 0 Å². The van der Waals surface area contributed by atoms with Crippen LogP contribution in [0.1, 0.15) is 37.0 Å². The van der Waals surface area contributed by atoms with Crippen LogP contribution in [0.2, 0.25) is 0 Å². The Morgan fingerprint density at radius 2 is 1.87 bits per heavy atom. The van der Waals surface area contributed by atoms with Crippen molar-refractivity contribution in [3.8, 4) is 0 Å². The van der Waals surface area contributed by atoms with Crippen LogP contribution in [0, 0.1) is 19.3 Å². The third-order valence-corrected chi connectivity index (χ3v) is 4.17. The highest BCUT2D eigenvalue weighted by Crippen LogP contribution is 2.64. The summed E-state index contributed by atoms with van der Waals surface area (Å²) in [6.45, 7) is 9.76. The van der Waals surface area contributed by atoms with Crippen LogP contribution in [0.25, 0.3) is 0 Å². The van der Waals surface area contributed by atoms with E-state index in [0.717, 1.165) is 6.54 Å². The summed E-state index contributed by atoms with van der Waals surface area (Å²) < 4.78 is 0. The molecule has 15 heavy (non-hydrogen) atoms. The van der Waals surface area contributed by atoms with Crippen LogP contribution >= 0.6 is 0 Å². The standard InChI is InChI=1S/C14H21N/c1-10-5-6-11(2)12(7-10)14(9-15)8-13(14,3)4/h5-7H,8-9,15H2,1-4H3. The van der Waals surface area contributed by atoms with E-state index in [0.29, 0.717) is 5.41 Å². The minimum Gasteiger partial charge on any atom is -0.330 e. The second-order valence-electron chi connectivity index (χ2n) is 5.67. The van der Waals surface area contributed by atoms with Crippen LogP contribution in [0.5, 0.6) is 0 Å². The highest BCUT2D eigenvalue weighted by Gasteiger charge is 2.61. The van der Waals surface area contributed by atoms with Crippen LogP contribution in [0.4, 0.5) is 0 Å². The van der Waals surface area contributed by atoms with E-state index < -0.39 is 0 Å². The SMILES string of the molecule is Cc1ccc(C)c(C2(CN)CC2(C)C)c1. The normalized spacial score (nSPS) is 27.8. The monoisotopic (exact) mass is 203 g/mol. The molecule has 1 nitrogen and oxygen atoms in total. The molecule has 1 aliphatic carbocycles. The fraction of sp³-hybridized carbons (Fsp3) is 0.571. The van der Waals surface area contributed by atoms with Crippen molar-refractivity contribution in [1.82, 2.24) is 0 Å². The van der Waals surface area contributed by atoms with Crippen molar-refractivity contribution in [2.24, 2.45) is 11.1 Å². The first kappa shape index (κ1) is 10.7. The number of rotatable bonds is 2. The van der Waals surface area contributed by atoms with E-state index in [-0.39, 0.29) is 5.41 Å². The minimum absolute atomic E-state index is 0.239. The van der Waals surface area contributed by atoms with Gasteiger partial charge in [-0.05, 0) is 36.8 Å². The smallest absolute Gasteiger partial charge is 0.0135 e. The van der Waals surface area contributed by atoms with Gasteiger partial charge in [0.1, 0.15) is 0 Å². The Labute approximate surface area is 92.7 Å². The number of hydrogen-bond donors (Lipinski definition) is 1. The van der Waals surface area contributed by atoms with Crippen LogP contribution in [-0.2, 0) is 5.41 Å². The zero-order valence-corrected chi connectivity index (χ0v) is 10.2. The Morgan fingerprint density at radius 3 is 2.33 bits per heavy atom. The fourth-order valence-corrected chi connectivity index (χ4v) is 2.88. The Hall–Kier alpha value is -0.820. The molecule has 2 rings (SSSR count). The van der Waals surface area contributed by atoms with Crippen molar-refractivity contribution in [3.05, 3.63) is 34.9 Å². The summed E-state index contributed by atoms with van der Waals surface area (Å²) in [6.07, 6.45) is 1.22. The average Bonchev–Trinajstić information content (AvgIpc) is 2.74. The van der Waals surface area contributed by atoms with E-state index in [1.54, 1.807) is 0 Å². The van der Waals surface area contributed by atoms with E-state index >= 15 is 0 Å². The molecule has 1 saturated carbocycles. The number of hydrogen-bond acceptors (Lipinski definition) is 1. The summed E-state index contributed by atoms with van der Waals surface area (Å²) in [5.41, 5.74) is 10.8. The Bertz CT molecular complexity index is 392. The van der Waals surface area contributed by atoms with Gasteiger partial charge in [0.2, 0.25) is 0 Å². The molecule has 1 aromatic carbocycles. The van der Waals surface area contributed by atoms with Crippen molar-refractivity contribution in [1.29, 1.82) is 0 Å². The predicted octanol–water partition coefficient (Wildman–Crippen LogP) is 2.93. The van der Waals surface area contributed by atoms with Gasteiger partial charge in [-0.25, -0.2) is 0 Å². The molecule has 0 saturated heterocycles. The summed E-state index contributed by atoms with van der Waals surface area (Å²) >= 11 is 0. The summed E-state index contributed by atoms with van der Waals surface area (Å²) in [5, 5.41) is 0. The molecule has 1 atom stereocenters. The third-order valence-electron chi connectivity index (χ3n) is 4.17. The Kier molecular flexibility index (Phi) is 2.20. The first-order valence-corrected chi connectivity index (χ1v) is 5.71. The van der Waals surface area contributed by atoms with Gasteiger partial charge in [-0.1, -0.05) is 37.6 Å². The molecular formula is C14H21N. The molecule has 1 fully saturated rings. The highest BCUT2D eigenvalue weighted by atomic mass is 14.7. The maximum absolute atomic E-state index is 6.00. The zero-order valence-electron chi connectivity index (χ0n) is 10.2. The van der Waals surface area contributed by atoms with Gasteiger partial charge in [-0.2, -0.15) is 0 Å². The second-order valence-corrected chi connectivity index (χ2v) is 5.67. The van der Waals surface area contributed by atoms with Crippen LogP contribution in [-0.4, -0.2) is 6.54 Å². The summed E-state index contributed by atoms with van der Waals surface area (Å²) in [7, 11) is 0. The lowest BCUT2D eigenvalue weighted by molar-refractivity contribution is 0.501. The van der Waals surface area contributed by atoms with Gasteiger partial charge in [0, 0.05) is 12.0 Å². The lowest BCUT2D eigenvalue weighted by Crippen LogP contribution is -2.26. The van der Waals surface area contributed by atoms with E-state index in [9.17, 15) is 0 Å². The Balaban J connectivity index is 2.50. The number of aryl methyl sites for hydroxylation is 2. The first-order valence-electron chi connectivity index (χ1n) is 5.71. The summed E-state index contributed by atoms with van der Waals surface area (Å²) in [6, 6.07) is 6.71. The maximum Gasteiger partial charge on any atom is 0.0135 e. The molecule has 1 aromatic rings. The lowest BCUT2D eigenvalue weighted by atomic mass is 9.84. The molecule has 0 amide bonds. The molecule has 1 heteroatoms. The van der Waals surface area contributed by atoms with Gasteiger partial charge in [0.25, 0.3) is 0 Å². The van der Waals surface area contributed by atoms with E-state index in [2.05, 4.69) is 45.9 Å². The minimum atomic E-state index is 0.239. The van der Waals surface area contributed by atoms with Gasteiger partial charge in [0.05, 0.1) is 0 Å². The predicted molar refractivity (Wildman–Crippen MR) is 65.0 cm³/mol. The topological polar surface area (TPSA) is 26.0 Å². The fourth-order valence-electron chi connectivity index (χ4n) is 2.88. The molecule has 1 aliphatic rings. The van der Waals surface area contributed by atoms with Gasteiger partial charge < -0.3 is 5.73 Å². The Morgan fingerprint density at radius 1 is 1.27 bits per heavy atom. The van der Waals surface area contributed by atoms with Crippen molar-refractivity contribution < 1.29 is 0 Å². The van der Waals surface area contributed by atoms with E-state index in [1.165, 1.54) is 23.1 Å². The molecule has 0 radical (unpaired) electrons. The van der Waals surface area contributed by atoms with Gasteiger partial charge in [-0.15, -0.1) is 0 Å². The zero-order chi connectivity index (χ0) is 11.3. The molecule has 0 spiro atoms. The molecule has 2 N–H and O–H groups in total. The van der Waals surface area contributed by atoms with Crippen molar-refractivity contribution in [2.45, 2.75) is 39.5 Å². The lowest BCUT2D eigenvalue weighted by Gasteiger charge is -2.21. The van der Waals surface area contributed by atoms with Gasteiger partial charge in [0.15, 0.2) is 0 Å². The molecule has 0 bridgehead atoms. The van der Waals surface area contributed by atoms with Crippen LogP contribution in [0.15, 0.2) is 18.2 Å². The number of nitrogens with two attached hydrogens (primary N) is 1. The van der Waals surface area contributed by atoms with Crippen molar-refractivity contribution >= 4 is 0 Å². The van der Waals surface area contributed by atoms with E-state index in [1.807, 2.05) is 0 Å². The summed E-state index contributed by atoms with van der Waals surface area (Å²) in [5.74, 6) is 0. The average molecular weight is 203 g/mol. The molecular weight excluding hydrogens is 182 g/mol. The molecule has 82 valence electrons. The van der Waals surface area contributed by atoms with Gasteiger partial charge >= 0.3 is 0 Å². The quantitative estimate of drug-likeness (QED) is 0.785. The second kappa shape index (κ2) is 3.08. The van der Waals surface area contributed by atoms with Crippen LogP contribution in [0.3, 0.4) is 0 Å². The maximum atomic E-state index is 6.00. The van der Waals surface area contributed by atoms with Crippen LogP contribution < -0.4 is 5.73 Å². The van der Waals surface area contributed by atoms with Crippen molar-refractivity contribution in [3.63, 3.8) is 0 Å². The number of benzene rings is 1. The molecule has 0 aliphatic heterocycles. The molecule has 0 heterocycles. The molecule has 0 aromatic heterocycles. The van der Waals surface area contributed by atoms with E-state index in [4.69, 9.17) is 5.73 Å².